The molecule has 0 bridgehead atoms. The van der Waals surface area contributed by atoms with E-state index in [0.717, 1.165) is 0 Å². The largest absolute Gasteiger partial charge is 0.238 e. The molecule has 5 heteroatoms. The van der Waals surface area contributed by atoms with Crippen molar-refractivity contribution in [1.82, 2.24) is 0 Å². The Bertz CT molecular complexity index is 454. The van der Waals surface area contributed by atoms with Crippen LogP contribution in [0.15, 0.2) is 35.7 Å². The van der Waals surface area contributed by atoms with E-state index in [0.29, 0.717) is 17.0 Å². The summed E-state index contributed by atoms with van der Waals surface area (Å²) in [6.07, 6.45) is 2.02. The lowest BCUT2D eigenvalue weighted by Gasteiger charge is -2.05. The van der Waals surface area contributed by atoms with E-state index in [9.17, 15) is 8.42 Å². The number of sulfonamides is 1. The number of primary sulfonamides is 1. The number of benzene rings is 1. The molecule has 0 atom stereocenters. The van der Waals surface area contributed by atoms with Gasteiger partial charge in [-0.2, -0.15) is 0 Å². The molecule has 0 amide bonds. The molecule has 2 N–H and O–H groups in total. The van der Waals surface area contributed by atoms with Gasteiger partial charge < -0.3 is 0 Å². The standard InChI is InChI=1S/C9H10ClNO2S/c1-2-3-7-6-8(10)4-5-9(7)14(11,12)13/h2,4-6H,1,3H2,(H2,11,12,13). The maximum Gasteiger partial charge on any atom is 0.238 e. The van der Waals surface area contributed by atoms with Crippen molar-refractivity contribution in [1.29, 1.82) is 0 Å². The summed E-state index contributed by atoms with van der Waals surface area (Å²) >= 11 is 5.73. The van der Waals surface area contributed by atoms with Gasteiger partial charge in [-0.1, -0.05) is 17.7 Å². The predicted octanol–water partition coefficient (Wildman–Crippen LogP) is 1.72. The highest BCUT2D eigenvalue weighted by Crippen LogP contribution is 2.20. The second kappa shape index (κ2) is 4.13. The Morgan fingerprint density at radius 1 is 1.50 bits per heavy atom. The monoisotopic (exact) mass is 231 g/mol. The van der Waals surface area contributed by atoms with E-state index in [1.54, 1.807) is 12.1 Å². The van der Waals surface area contributed by atoms with E-state index in [1.165, 1.54) is 12.1 Å². The molecule has 1 aromatic carbocycles. The zero-order valence-corrected chi connectivity index (χ0v) is 8.98. The Kier molecular flexibility index (Phi) is 3.31. The van der Waals surface area contributed by atoms with E-state index >= 15 is 0 Å². The summed E-state index contributed by atoms with van der Waals surface area (Å²) in [5.74, 6) is 0. The van der Waals surface area contributed by atoms with E-state index in [2.05, 4.69) is 6.58 Å². The molecule has 0 heterocycles. The summed E-state index contributed by atoms with van der Waals surface area (Å²) in [5.41, 5.74) is 0.565. The molecule has 0 unspecified atom stereocenters. The third-order valence-corrected chi connectivity index (χ3v) is 2.94. The molecule has 3 nitrogen and oxygen atoms in total. The minimum Gasteiger partial charge on any atom is -0.225 e. The third-order valence-electron chi connectivity index (χ3n) is 1.69. The van der Waals surface area contributed by atoms with Crippen LogP contribution in [-0.2, 0) is 16.4 Å². The second-order valence-electron chi connectivity index (χ2n) is 2.79. The summed E-state index contributed by atoms with van der Waals surface area (Å²) < 4.78 is 22.3. The molecule has 0 saturated heterocycles. The van der Waals surface area contributed by atoms with Crippen LogP contribution < -0.4 is 5.14 Å². The summed E-state index contributed by atoms with van der Waals surface area (Å²) in [6, 6.07) is 4.47. The van der Waals surface area contributed by atoms with Gasteiger partial charge in [-0.05, 0) is 30.2 Å². The Balaban J connectivity index is 3.36. The van der Waals surface area contributed by atoms with Gasteiger partial charge in [-0.15, -0.1) is 6.58 Å². The third kappa shape index (κ3) is 2.57. The fourth-order valence-electron chi connectivity index (χ4n) is 1.14. The number of allylic oxidation sites excluding steroid dienone is 1. The molecule has 0 aliphatic carbocycles. The lowest BCUT2D eigenvalue weighted by molar-refractivity contribution is 0.597. The molecular weight excluding hydrogens is 222 g/mol. The van der Waals surface area contributed by atoms with Crippen molar-refractivity contribution in [2.24, 2.45) is 5.14 Å². The minimum absolute atomic E-state index is 0.0989. The van der Waals surface area contributed by atoms with Gasteiger partial charge in [0.2, 0.25) is 10.0 Å². The maximum absolute atomic E-state index is 11.1. The van der Waals surface area contributed by atoms with E-state index in [-0.39, 0.29) is 4.90 Å². The summed E-state index contributed by atoms with van der Waals surface area (Å²) in [6.45, 7) is 3.53. The van der Waals surface area contributed by atoms with E-state index < -0.39 is 10.0 Å². The first kappa shape index (κ1) is 11.2. The number of nitrogens with two attached hydrogens (primary N) is 1. The average molecular weight is 232 g/mol. The van der Waals surface area contributed by atoms with Crippen LogP contribution in [0.2, 0.25) is 5.02 Å². The van der Waals surface area contributed by atoms with Crippen molar-refractivity contribution in [3.8, 4) is 0 Å². The van der Waals surface area contributed by atoms with Crippen LogP contribution in [0.5, 0.6) is 0 Å². The van der Waals surface area contributed by atoms with Gasteiger partial charge in [0.05, 0.1) is 4.90 Å². The van der Waals surface area contributed by atoms with Gasteiger partial charge in [0, 0.05) is 5.02 Å². The molecule has 76 valence electrons. The highest BCUT2D eigenvalue weighted by atomic mass is 35.5. The normalized spacial score (nSPS) is 11.3. The molecule has 0 aromatic heterocycles. The van der Waals surface area contributed by atoms with Crippen LogP contribution in [0, 0.1) is 0 Å². The summed E-state index contributed by atoms with van der Waals surface area (Å²) in [4.78, 5) is 0.0989. The van der Waals surface area contributed by atoms with Gasteiger partial charge >= 0.3 is 0 Å². The number of rotatable bonds is 3. The maximum atomic E-state index is 11.1. The molecule has 0 spiro atoms. The summed E-state index contributed by atoms with van der Waals surface area (Å²) in [7, 11) is -3.68. The molecule has 1 aromatic rings. The van der Waals surface area contributed by atoms with Gasteiger partial charge in [0.25, 0.3) is 0 Å². The highest BCUT2D eigenvalue weighted by Gasteiger charge is 2.12. The fraction of sp³-hybridized carbons (Fsp3) is 0.111. The molecule has 14 heavy (non-hydrogen) atoms. The molecule has 0 radical (unpaired) electrons. The lowest BCUT2D eigenvalue weighted by atomic mass is 10.1. The topological polar surface area (TPSA) is 60.2 Å². The van der Waals surface area contributed by atoms with Crippen molar-refractivity contribution in [3.63, 3.8) is 0 Å². The van der Waals surface area contributed by atoms with Crippen molar-refractivity contribution in [3.05, 3.63) is 41.4 Å². The van der Waals surface area contributed by atoms with Crippen LogP contribution >= 0.6 is 11.6 Å². The first-order chi connectivity index (χ1) is 6.45. The molecular formula is C9H10ClNO2S. The zero-order chi connectivity index (χ0) is 10.8. The highest BCUT2D eigenvalue weighted by molar-refractivity contribution is 7.89. The average Bonchev–Trinajstić information content (AvgIpc) is 2.02. The molecule has 0 saturated carbocycles. The van der Waals surface area contributed by atoms with Crippen LogP contribution in [0.1, 0.15) is 5.56 Å². The fourth-order valence-corrected chi connectivity index (χ4v) is 2.10. The Morgan fingerprint density at radius 3 is 2.64 bits per heavy atom. The zero-order valence-electron chi connectivity index (χ0n) is 7.40. The van der Waals surface area contributed by atoms with Crippen molar-refractivity contribution in [2.45, 2.75) is 11.3 Å². The number of halogens is 1. The van der Waals surface area contributed by atoms with Crippen molar-refractivity contribution in [2.75, 3.05) is 0 Å². The second-order valence-corrected chi connectivity index (χ2v) is 4.76. The smallest absolute Gasteiger partial charge is 0.225 e. The first-order valence-electron chi connectivity index (χ1n) is 3.87. The molecule has 0 aliphatic rings. The van der Waals surface area contributed by atoms with Crippen LogP contribution in [0.4, 0.5) is 0 Å². The first-order valence-corrected chi connectivity index (χ1v) is 5.79. The molecule has 1 rings (SSSR count). The van der Waals surface area contributed by atoms with Gasteiger partial charge in [0.1, 0.15) is 0 Å². The Labute approximate surface area is 88.2 Å². The van der Waals surface area contributed by atoms with E-state index in [1.807, 2.05) is 0 Å². The summed E-state index contributed by atoms with van der Waals surface area (Å²) in [5, 5.41) is 5.51. The van der Waals surface area contributed by atoms with Crippen LogP contribution in [0.25, 0.3) is 0 Å². The van der Waals surface area contributed by atoms with Gasteiger partial charge in [0.15, 0.2) is 0 Å². The van der Waals surface area contributed by atoms with Crippen LogP contribution in [-0.4, -0.2) is 8.42 Å². The Hall–Kier alpha value is -0.840. The van der Waals surface area contributed by atoms with Crippen LogP contribution in [0.3, 0.4) is 0 Å². The molecule has 0 fully saturated rings. The predicted molar refractivity (Wildman–Crippen MR) is 56.7 cm³/mol. The van der Waals surface area contributed by atoms with Crippen molar-refractivity contribution >= 4 is 21.6 Å². The van der Waals surface area contributed by atoms with Gasteiger partial charge in [-0.3, -0.25) is 0 Å². The lowest BCUT2D eigenvalue weighted by Crippen LogP contribution is -2.14. The number of hydrogen-bond donors (Lipinski definition) is 1. The quantitative estimate of drug-likeness (QED) is 0.806. The van der Waals surface area contributed by atoms with E-state index in [4.69, 9.17) is 16.7 Å². The number of hydrogen-bond acceptors (Lipinski definition) is 2. The minimum atomic E-state index is -3.68. The Morgan fingerprint density at radius 2 is 2.14 bits per heavy atom. The SMILES string of the molecule is C=CCc1cc(Cl)ccc1S(N)(=O)=O. The molecule has 0 aliphatic heterocycles. The van der Waals surface area contributed by atoms with Crippen molar-refractivity contribution < 1.29 is 8.42 Å². The van der Waals surface area contributed by atoms with Gasteiger partial charge in [-0.25, -0.2) is 13.6 Å².